The fourth-order valence-electron chi connectivity index (χ4n) is 5.18. The van der Waals surface area contributed by atoms with Crippen LogP contribution < -0.4 is 5.32 Å². The van der Waals surface area contributed by atoms with Gasteiger partial charge in [-0.2, -0.15) is 0 Å². The molecule has 2 N–H and O–H groups in total. The van der Waals surface area contributed by atoms with E-state index in [1.54, 1.807) is 24.3 Å². The van der Waals surface area contributed by atoms with Gasteiger partial charge < -0.3 is 10.4 Å². The monoisotopic (exact) mass is 515 g/mol. The highest BCUT2D eigenvalue weighted by molar-refractivity contribution is 6.01. The molecule has 4 heteroatoms. The van der Waals surface area contributed by atoms with Crippen LogP contribution in [0.5, 0.6) is 0 Å². The van der Waals surface area contributed by atoms with E-state index in [0.717, 1.165) is 32.1 Å². The molecule has 0 aliphatic rings. The summed E-state index contributed by atoms with van der Waals surface area (Å²) in [5.74, 6) is -1.07. The zero-order valence-corrected chi connectivity index (χ0v) is 24.2. The summed E-state index contributed by atoms with van der Waals surface area (Å²) in [6.07, 6.45) is 27.9. The van der Waals surface area contributed by atoms with Crippen LogP contribution >= 0.6 is 0 Å². The number of hydrogen-bond donors (Lipinski definition) is 2. The van der Waals surface area contributed by atoms with Crippen LogP contribution in [0.3, 0.4) is 0 Å². The highest BCUT2D eigenvalue weighted by atomic mass is 16.4. The Morgan fingerprint density at radius 2 is 1.00 bits per heavy atom. The lowest BCUT2D eigenvalue weighted by Crippen LogP contribution is -2.24. The minimum atomic E-state index is -1.01. The van der Waals surface area contributed by atoms with Crippen LogP contribution in [0, 0.1) is 5.92 Å². The lowest BCUT2D eigenvalue weighted by atomic mass is 9.93. The van der Waals surface area contributed by atoms with Crippen molar-refractivity contribution < 1.29 is 14.7 Å². The van der Waals surface area contributed by atoms with E-state index in [9.17, 15) is 14.7 Å². The second-order valence-electron chi connectivity index (χ2n) is 11.0. The van der Waals surface area contributed by atoms with Gasteiger partial charge in [-0.05, 0) is 25.0 Å². The number of para-hydroxylation sites is 1. The number of carbonyl (C=O) groups excluding carboxylic acids is 1. The summed E-state index contributed by atoms with van der Waals surface area (Å²) in [4.78, 5) is 24.5. The Morgan fingerprint density at radius 1 is 0.622 bits per heavy atom. The van der Waals surface area contributed by atoms with Crippen molar-refractivity contribution in [1.29, 1.82) is 0 Å². The zero-order chi connectivity index (χ0) is 27.0. The number of carboxylic acids is 1. The molecule has 0 heterocycles. The summed E-state index contributed by atoms with van der Waals surface area (Å²) in [7, 11) is 0. The molecule has 1 atom stereocenters. The Hall–Kier alpha value is -1.84. The lowest BCUT2D eigenvalue weighted by Gasteiger charge is -2.18. The first-order valence-corrected chi connectivity index (χ1v) is 15.7. The molecule has 37 heavy (non-hydrogen) atoms. The van der Waals surface area contributed by atoms with Crippen molar-refractivity contribution >= 4 is 17.6 Å². The highest BCUT2D eigenvalue weighted by Gasteiger charge is 2.20. The summed E-state index contributed by atoms with van der Waals surface area (Å²) >= 11 is 0. The van der Waals surface area contributed by atoms with Crippen LogP contribution in [0.15, 0.2) is 24.3 Å². The second-order valence-corrected chi connectivity index (χ2v) is 11.0. The Bertz CT molecular complexity index is 703. The van der Waals surface area contributed by atoms with Gasteiger partial charge in [0.1, 0.15) is 0 Å². The van der Waals surface area contributed by atoms with E-state index in [1.807, 2.05) is 0 Å². The largest absolute Gasteiger partial charge is 0.478 e. The third-order valence-corrected chi connectivity index (χ3v) is 7.60. The van der Waals surface area contributed by atoms with E-state index in [0.29, 0.717) is 5.69 Å². The van der Waals surface area contributed by atoms with Gasteiger partial charge in [0.15, 0.2) is 0 Å². The number of nitrogens with one attached hydrogen (secondary N) is 1. The van der Waals surface area contributed by atoms with Crippen LogP contribution in [0.2, 0.25) is 0 Å². The number of aromatic carboxylic acids is 1. The maximum atomic E-state index is 13.0. The van der Waals surface area contributed by atoms with Crippen LogP contribution in [0.4, 0.5) is 5.69 Å². The van der Waals surface area contributed by atoms with E-state index < -0.39 is 5.97 Å². The highest BCUT2D eigenvalue weighted by Crippen LogP contribution is 2.23. The number of unbranched alkanes of at least 4 members (excludes halogenated alkanes) is 18. The van der Waals surface area contributed by atoms with E-state index in [4.69, 9.17) is 0 Å². The summed E-state index contributed by atoms with van der Waals surface area (Å²) in [5.41, 5.74) is 0.563. The van der Waals surface area contributed by atoms with Gasteiger partial charge in [0.25, 0.3) is 0 Å². The summed E-state index contributed by atoms with van der Waals surface area (Å²) in [5, 5.41) is 12.3. The fourth-order valence-corrected chi connectivity index (χ4v) is 5.18. The van der Waals surface area contributed by atoms with E-state index >= 15 is 0 Å². The minimum absolute atomic E-state index is 0.0221. The van der Waals surface area contributed by atoms with Crippen molar-refractivity contribution in [1.82, 2.24) is 0 Å². The average Bonchev–Trinajstić information content (AvgIpc) is 2.89. The van der Waals surface area contributed by atoms with Gasteiger partial charge in [0.2, 0.25) is 5.91 Å². The molecule has 0 radical (unpaired) electrons. The van der Waals surface area contributed by atoms with Gasteiger partial charge in [-0.3, -0.25) is 4.79 Å². The number of benzene rings is 1. The number of rotatable bonds is 25. The number of anilines is 1. The van der Waals surface area contributed by atoms with Gasteiger partial charge in [0, 0.05) is 5.92 Å². The summed E-state index contributed by atoms with van der Waals surface area (Å²) in [6.45, 7) is 4.48. The molecule has 212 valence electrons. The lowest BCUT2D eigenvalue weighted by molar-refractivity contribution is -0.120. The quantitative estimate of drug-likeness (QED) is 0.127. The third kappa shape index (κ3) is 17.3. The number of hydrogen-bond acceptors (Lipinski definition) is 2. The van der Waals surface area contributed by atoms with E-state index in [1.165, 1.54) is 109 Å². The molecule has 1 aromatic carbocycles. The van der Waals surface area contributed by atoms with Crippen LogP contribution in [0.25, 0.3) is 0 Å². The molecule has 0 bridgehead atoms. The summed E-state index contributed by atoms with van der Waals surface area (Å²) in [6, 6.07) is 6.69. The maximum Gasteiger partial charge on any atom is 0.337 e. The first kappa shape index (κ1) is 33.2. The Kier molecular flexibility index (Phi) is 20.9. The SMILES string of the molecule is CCCCCCCCCCCCCCCCCCC(CCCCCC)C(=O)Nc1ccccc1C(=O)O. The molecule has 1 rings (SSSR count). The molecular formula is C33H57NO3. The molecule has 0 saturated heterocycles. The molecule has 0 saturated carbocycles. The van der Waals surface area contributed by atoms with Gasteiger partial charge >= 0.3 is 5.97 Å². The van der Waals surface area contributed by atoms with Crippen LogP contribution in [-0.2, 0) is 4.79 Å². The zero-order valence-electron chi connectivity index (χ0n) is 24.2. The van der Waals surface area contributed by atoms with Crippen molar-refractivity contribution in [2.45, 2.75) is 155 Å². The molecule has 0 aliphatic carbocycles. The molecule has 0 spiro atoms. The normalized spacial score (nSPS) is 11.9. The van der Waals surface area contributed by atoms with E-state index in [2.05, 4.69) is 19.2 Å². The standard InChI is InChI=1S/C33H57NO3/c1-3-5-7-9-10-11-12-13-14-15-16-17-18-19-20-22-26-29(25-21-8-6-4-2)32(35)34-31-28-24-23-27-30(31)33(36)37/h23-24,27-29H,3-22,25-26H2,1-2H3,(H,34,35)(H,36,37). The molecule has 0 aromatic heterocycles. The van der Waals surface area contributed by atoms with Crippen molar-refractivity contribution in [3.05, 3.63) is 29.8 Å². The Labute approximate surface area is 228 Å². The molecular weight excluding hydrogens is 458 g/mol. The molecule has 0 aliphatic heterocycles. The van der Waals surface area contributed by atoms with Crippen LogP contribution in [-0.4, -0.2) is 17.0 Å². The number of carbonyl (C=O) groups is 2. The van der Waals surface area contributed by atoms with Crippen molar-refractivity contribution in [2.75, 3.05) is 5.32 Å². The van der Waals surface area contributed by atoms with E-state index in [-0.39, 0.29) is 17.4 Å². The minimum Gasteiger partial charge on any atom is -0.478 e. The van der Waals surface area contributed by atoms with Crippen molar-refractivity contribution in [3.63, 3.8) is 0 Å². The van der Waals surface area contributed by atoms with Crippen molar-refractivity contribution in [3.8, 4) is 0 Å². The smallest absolute Gasteiger partial charge is 0.337 e. The van der Waals surface area contributed by atoms with Gasteiger partial charge in [0.05, 0.1) is 11.3 Å². The van der Waals surface area contributed by atoms with Crippen molar-refractivity contribution in [2.24, 2.45) is 5.92 Å². The average molecular weight is 516 g/mol. The Morgan fingerprint density at radius 3 is 1.43 bits per heavy atom. The second kappa shape index (κ2) is 23.3. The number of carboxylic acid groups (broad SMARTS) is 1. The molecule has 4 nitrogen and oxygen atoms in total. The molecule has 1 aromatic rings. The molecule has 1 amide bonds. The van der Waals surface area contributed by atoms with Crippen LogP contribution in [0.1, 0.15) is 165 Å². The maximum absolute atomic E-state index is 13.0. The predicted molar refractivity (Wildman–Crippen MR) is 158 cm³/mol. The third-order valence-electron chi connectivity index (χ3n) is 7.60. The summed E-state index contributed by atoms with van der Waals surface area (Å²) < 4.78 is 0. The molecule has 1 unspecified atom stereocenters. The first-order valence-electron chi connectivity index (χ1n) is 15.7. The fraction of sp³-hybridized carbons (Fsp3) is 0.758. The topological polar surface area (TPSA) is 66.4 Å². The predicted octanol–water partition coefficient (Wildman–Crippen LogP) is 10.6. The van der Waals surface area contributed by atoms with Gasteiger partial charge in [-0.15, -0.1) is 0 Å². The van der Waals surface area contributed by atoms with Gasteiger partial charge in [-0.1, -0.05) is 154 Å². The number of amides is 1. The first-order chi connectivity index (χ1) is 18.1. The Balaban J connectivity index is 2.20. The van der Waals surface area contributed by atoms with Gasteiger partial charge in [-0.25, -0.2) is 4.79 Å². The molecule has 0 fully saturated rings.